The lowest BCUT2D eigenvalue weighted by Gasteiger charge is -2.10. The van der Waals surface area contributed by atoms with Gasteiger partial charge in [-0.05, 0) is 32.8 Å². The van der Waals surface area contributed by atoms with Crippen LogP contribution in [0.25, 0.3) is 22.3 Å². The number of nitrogens with two attached hydrogens (primary N) is 1. The Hall–Kier alpha value is -3.80. The van der Waals surface area contributed by atoms with Crippen LogP contribution in [-0.2, 0) is 10.0 Å². The number of carbonyl (C=O) groups excluding carboxylic acids is 1. The van der Waals surface area contributed by atoms with E-state index in [0.29, 0.717) is 46.8 Å². The van der Waals surface area contributed by atoms with Crippen molar-refractivity contribution < 1.29 is 13.2 Å². The van der Waals surface area contributed by atoms with Crippen molar-refractivity contribution in [3.05, 3.63) is 48.7 Å². The van der Waals surface area contributed by atoms with Crippen molar-refractivity contribution in [1.82, 2.24) is 28.7 Å². The maximum absolute atomic E-state index is 12.4. The molecule has 2 aliphatic rings. The van der Waals surface area contributed by atoms with E-state index in [1.807, 2.05) is 24.5 Å². The molecule has 2 fully saturated rings. The van der Waals surface area contributed by atoms with E-state index in [9.17, 15) is 13.2 Å². The van der Waals surface area contributed by atoms with E-state index in [2.05, 4.69) is 25.4 Å². The number of pyridine rings is 1. The van der Waals surface area contributed by atoms with Gasteiger partial charge < -0.3 is 15.6 Å². The topological polar surface area (TPSA) is 151 Å². The van der Waals surface area contributed by atoms with Crippen LogP contribution >= 0.6 is 0 Å². The number of nitrogens with one attached hydrogen (secondary N) is 1. The zero-order valence-corrected chi connectivity index (χ0v) is 22.4. The largest absolute Gasteiger partial charge is 0.366 e. The summed E-state index contributed by atoms with van der Waals surface area (Å²) >= 11 is 0. The van der Waals surface area contributed by atoms with Gasteiger partial charge in [0.15, 0.2) is 5.82 Å². The number of nitrogens with zero attached hydrogens (tertiary/aromatic N) is 6. The van der Waals surface area contributed by atoms with Crippen molar-refractivity contribution >= 4 is 38.5 Å². The number of hydrogen-bond acceptors (Lipinski definition) is 8. The van der Waals surface area contributed by atoms with Crippen LogP contribution < -0.4 is 11.1 Å². The van der Waals surface area contributed by atoms with Crippen molar-refractivity contribution in [1.29, 1.82) is 0 Å². The van der Waals surface area contributed by atoms with Gasteiger partial charge in [-0.1, -0.05) is 32.1 Å². The lowest BCUT2D eigenvalue weighted by Crippen LogP contribution is -2.17. The van der Waals surface area contributed by atoms with Crippen LogP contribution in [0.2, 0.25) is 0 Å². The van der Waals surface area contributed by atoms with Gasteiger partial charge >= 0.3 is 0 Å². The zero-order chi connectivity index (χ0) is 26.9. The molecule has 4 aromatic rings. The van der Waals surface area contributed by atoms with E-state index in [-0.39, 0.29) is 11.3 Å². The first-order valence-corrected chi connectivity index (χ1v) is 14.4. The molecule has 0 bridgehead atoms. The van der Waals surface area contributed by atoms with E-state index in [0.717, 1.165) is 9.60 Å². The Kier molecular flexibility index (Phi) is 7.15. The normalized spacial score (nSPS) is 15.4. The molecular formula is C26H32N8O3S. The quantitative estimate of drug-likeness (QED) is 0.353. The molecule has 2 aliphatic carbocycles. The summed E-state index contributed by atoms with van der Waals surface area (Å²) in [7, 11) is -3.46. The monoisotopic (exact) mass is 536 g/mol. The van der Waals surface area contributed by atoms with Gasteiger partial charge in [-0.15, -0.1) is 0 Å². The summed E-state index contributed by atoms with van der Waals surface area (Å²) < 4.78 is 27.7. The van der Waals surface area contributed by atoms with Crippen LogP contribution in [0, 0.1) is 0 Å². The molecule has 0 aliphatic heterocycles. The lowest BCUT2D eigenvalue weighted by atomic mass is 10.2. The fourth-order valence-corrected chi connectivity index (χ4v) is 5.97. The first kappa shape index (κ1) is 25.8. The molecule has 0 saturated heterocycles. The Labute approximate surface area is 221 Å². The van der Waals surface area contributed by atoms with Gasteiger partial charge in [0.05, 0.1) is 34.3 Å². The minimum absolute atomic E-state index is 0.116. The number of anilines is 2. The number of primary amides is 1. The highest BCUT2D eigenvalue weighted by Gasteiger charge is 2.37. The molecule has 0 atom stereocenters. The van der Waals surface area contributed by atoms with Crippen LogP contribution in [0.4, 0.5) is 11.6 Å². The summed E-state index contributed by atoms with van der Waals surface area (Å²) in [6.45, 7) is 4.02. The van der Waals surface area contributed by atoms with Gasteiger partial charge in [0, 0.05) is 36.1 Å². The van der Waals surface area contributed by atoms with Crippen molar-refractivity contribution in [2.75, 3.05) is 5.32 Å². The van der Waals surface area contributed by atoms with Crippen molar-refractivity contribution in [3.63, 3.8) is 0 Å². The molecule has 2 saturated carbocycles. The predicted molar refractivity (Wildman–Crippen MR) is 146 cm³/mol. The minimum atomic E-state index is -3.46. The summed E-state index contributed by atoms with van der Waals surface area (Å²) in [4.78, 5) is 24.9. The summed E-state index contributed by atoms with van der Waals surface area (Å²) in [5.74, 6) is 0.823. The van der Waals surface area contributed by atoms with E-state index >= 15 is 0 Å². The predicted octanol–water partition coefficient (Wildman–Crippen LogP) is 4.40. The molecule has 12 heteroatoms. The number of fused-ring (bicyclic) bond motifs is 1. The van der Waals surface area contributed by atoms with Crippen molar-refractivity contribution in [2.45, 2.75) is 70.1 Å². The molecule has 4 aromatic heterocycles. The van der Waals surface area contributed by atoms with Gasteiger partial charge in [-0.3, -0.25) is 4.79 Å². The number of amides is 1. The highest BCUT2D eigenvalue weighted by molar-refractivity contribution is 7.90. The fourth-order valence-electron chi connectivity index (χ4n) is 4.50. The third-order valence-corrected chi connectivity index (χ3v) is 8.76. The molecule has 38 heavy (non-hydrogen) atoms. The second-order valence-electron chi connectivity index (χ2n) is 10.00. The maximum atomic E-state index is 12.4. The van der Waals surface area contributed by atoms with Crippen molar-refractivity contribution in [2.24, 2.45) is 5.73 Å². The summed E-state index contributed by atoms with van der Waals surface area (Å²) in [5.41, 5.74) is 7.24. The average Bonchev–Trinajstić information content (AvgIpc) is 3.29. The Balaban J connectivity index is 0.000000529. The highest BCUT2D eigenvalue weighted by Crippen LogP contribution is 2.31. The van der Waals surface area contributed by atoms with Gasteiger partial charge in [0.2, 0.25) is 0 Å². The van der Waals surface area contributed by atoms with Crippen LogP contribution in [0.15, 0.2) is 43.1 Å². The van der Waals surface area contributed by atoms with Crippen LogP contribution in [0.3, 0.4) is 0 Å². The third kappa shape index (κ3) is 5.40. The number of carbonyl (C=O) groups is 1. The molecule has 200 valence electrons. The molecule has 0 unspecified atom stereocenters. The summed E-state index contributed by atoms with van der Waals surface area (Å²) in [5, 5.41) is 7.44. The smallest absolute Gasteiger partial charge is 0.256 e. The molecule has 0 radical (unpaired) electrons. The zero-order valence-electron chi connectivity index (χ0n) is 21.5. The van der Waals surface area contributed by atoms with Crippen LogP contribution in [0.1, 0.15) is 75.2 Å². The first-order chi connectivity index (χ1) is 18.2. The minimum Gasteiger partial charge on any atom is -0.366 e. The number of rotatable bonds is 7. The Bertz CT molecular complexity index is 1560. The van der Waals surface area contributed by atoms with E-state index in [1.165, 1.54) is 44.5 Å². The van der Waals surface area contributed by atoms with Crippen LogP contribution in [0.5, 0.6) is 0 Å². The lowest BCUT2D eigenvalue weighted by molar-refractivity contribution is 0.100. The van der Waals surface area contributed by atoms with E-state index < -0.39 is 15.9 Å². The molecule has 3 N–H and O–H groups in total. The second-order valence-corrected chi connectivity index (χ2v) is 12.1. The summed E-state index contributed by atoms with van der Waals surface area (Å²) in [6, 6.07) is 3.62. The molecule has 0 aromatic carbocycles. The summed E-state index contributed by atoms with van der Waals surface area (Å²) in [6.07, 6.45) is 16.6. The van der Waals surface area contributed by atoms with Gasteiger partial charge in [0.25, 0.3) is 15.9 Å². The molecular weight excluding hydrogens is 504 g/mol. The first-order valence-electron chi connectivity index (χ1n) is 12.9. The SMILES string of the molecule is C1CCCC1.CC(C)n1cc(C(N)=O)c2cnc(Nc3ccnc(-c4cnn(S(=O)(=O)C5CC5)c4)n3)cc21. The van der Waals surface area contributed by atoms with E-state index in [1.54, 1.807) is 24.7 Å². The third-order valence-electron chi connectivity index (χ3n) is 6.73. The number of aromatic nitrogens is 6. The molecule has 0 spiro atoms. The average molecular weight is 537 g/mol. The molecule has 11 nitrogen and oxygen atoms in total. The van der Waals surface area contributed by atoms with Gasteiger partial charge in [-0.25, -0.2) is 23.4 Å². The Morgan fingerprint density at radius 1 is 1.05 bits per heavy atom. The van der Waals surface area contributed by atoms with Crippen LogP contribution in [-0.4, -0.2) is 48.3 Å². The fraction of sp³-hybridized carbons (Fsp3) is 0.423. The standard InChI is InChI=1S/C21H22N8O3S.C5H10/c1-12(2)28-11-16(20(22)30)15-9-24-19(7-17(15)28)26-18-5-6-23-21(27-18)13-8-25-29(10-13)33(31,32)14-3-4-14;1-2-4-5-3-1/h5-12,14H,3-4H2,1-2H3,(H2,22,30)(H,23,24,26,27);1-5H2. The van der Waals surface area contributed by atoms with Gasteiger partial charge in [-0.2, -0.15) is 9.19 Å². The molecule has 1 amide bonds. The maximum Gasteiger partial charge on any atom is 0.256 e. The molecule has 4 heterocycles. The van der Waals surface area contributed by atoms with Crippen molar-refractivity contribution in [3.8, 4) is 11.4 Å². The Morgan fingerprint density at radius 2 is 1.76 bits per heavy atom. The molecule has 6 rings (SSSR count). The van der Waals surface area contributed by atoms with E-state index in [4.69, 9.17) is 5.73 Å². The Morgan fingerprint density at radius 3 is 2.39 bits per heavy atom. The number of hydrogen-bond donors (Lipinski definition) is 2. The highest BCUT2D eigenvalue weighted by atomic mass is 32.2. The second kappa shape index (κ2) is 10.5. The van der Waals surface area contributed by atoms with Gasteiger partial charge in [0.1, 0.15) is 11.6 Å².